The average Bonchev–Trinajstić information content (AvgIpc) is 2.84. The van der Waals surface area contributed by atoms with Crippen LogP contribution in [0.2, 0.25) is 0 Å². The average molecular weight is 492 g/mol. The van der Waals surface area contributed by atoms with Crippen LogP contribution in [0.1, 0.15) is 18.4 Å². The summed E-state index contributed by atoms with van der Waals surface area (Å²) in [4.78, 5) is 15.3. The lowest BCUT2D eigenvalue weighted by atomic mass is 9.98. The molecule has 0 aromatic heterocycles. The summed E-state index contributed by atoms with van der Waals surface area (Å²) in [5, 5.41) is 0. The highest BCUT2D eigenvalue weighted by Crippen LogP contribution is 2.26. The molecule has 178 valence electrons. The maximum Gasteiger partial charge on any atom is 0.243 e. The molecule has 1 atom stereocenters. The molecule has 2 saturated heterocycles. The molecule has 0 spiro atoms. The number of amides is 1. The second-order valence-corrected chi connectivity index (χ2v) is 12.4. The highest BCUT2D eigenvalue weighted by molar-refractivity contribution is 7.89. The molecule has 1 unspecified atom stereocenters. The molecule has 2 aliphatic rings. The number of carbonyl (C=O) groups excluding carboxylic acids is 1. The van der Waals surface area contributed by atoms with Crippen molar-refractivity contribution >= 4 is 26.0 Å². The summed E-state index contributed by atoms with van der Waals surface area (Å²) in [5.74, 6) is -0.521. The van der Waals surface area contributed by atoms with E-state index >= 15 is 0 Å². The van der Waals surface area contributed by atoms with E-state index in [-0.39, 0.29) is 35.3 Å². The van der Waals surface area contributed by atoms with Crippen LogP contribution < -0.4 is 0 Å². The van der Waals surface area contributed by atoms with E-state index in [0.717, 1.165) is 5.56 Å². The maximum absolute atomic E-state index is 13.2. The van der Waals surface area contributed by atoms with Crippen LogP contribution >= 0.6 is 0 Å². The molecule has 0 radical (unpaired) electrons. The van der Waals surface area contributed by atoms with Gasteiger partial charge in [0.1, 0.15) is 0 Å². The molecule has 0 aliphatic carbocycles. The number of piperazine rings is 1. The van der Waals surface area contributed by atoms with E-state index in [9.17, 15) is 21.6 Å². The fourth-order valence-corrected chi connectivity index (χ4v) is 7.34. The zero-order valence-electron chi connectivity index (χ0n) is 18.6. The van der Waals surface area contributed by atoms with Crippen LogP contribution in [0.15, 0.2) is 64.4 Å². The lowest BCUT2D eigenvalue weighted by molar-refractivity contribution is -0.137. The smallest absolute Gasteiger partial charge is 0.243 e. The van der Waals surface area contributed by atoms with Crippen molar-refractivity contribution in [2.45, 2.75) is 29.6 Å². The molecule has 0 N–H and O–H groups in total. The molecular weight excluding hydrogens is 462 g/mol. The Morgan fingerprint density at radius 1 is 0.758 bits per heavy atom. The van der Waals surface area contributed by atoms with Gasteiger partial charge in [-0.1, -0.05) is 35.9 Å². The number of benzene rings is 2. The van der Waals surface area contributed by atoms with Gasteiger partial charge in [-0.2, -0.15) is 8.61 Å². The van der Waals surface area contributed by atoms with Crippen molar-refractivity contribution < 1.29 is 21.6 Å². The van der Waals surface area contributed by atoms with Crippen LogP contribution in [0, 0.1) is 12.8 Å². The van der Waals surface area contributed by atoms with Gasteiger partial charge in [-0.15, -0.1) is 0 Å². The Morgan fingerprint density at radius 2 is 1.33 bits per heavy atom. The van der Waals surface area contributed by atoms with Crippen molar-refractivity contribution in [1.29, 1.82) is 0 Å². The molecule has 4 rings (SSSR count). The second-order valence-electron chi connectivity index (χ2n) is 8.56. The first-order chi connectivity index (χ1) is 15.7. The number of carbonyl (C=O) groups is 1. The quantitative estimate of drug-likeness (QED) is 0.637. The number of aryl methyl sites for hydroxylation is 1. The summed E-state index contributed by atoms with van der Waals surface area (Å²) in [6, 6.07) is 15.0. The summed E-state index contributed by atoms with van der Waals surface area (Å²) in [6.45, 7) is 3.49. The number of nitrogens with zero attached hydrogens (tertiary/aromatic N) is 3. The predicted molar refractivity (Wildman–Crippen MR) is 124 cm³/mol. The summed E-state index contributed by atoms with van der Waals surface area (Å²) in [7, 11) is -7.25. The number of piperidine rings is 1. The summed E-state index contributed by atoms with van der Waals surface area (Å²) in [6.07, 6.45) is 1.24. The van der Waals surface area contributed by atoms with Gasteiger partial charge in [0.05, 0.1) is 15.7 Å². The molecule has 10 heteroatoms. The molecule has 2 aliphatic heterocycles. The lowest BCUT2D eigenvalue weighted by Gasteiger charge is -2.38. The number of rotatable bonds is 5. The minimum absolute atomic E-state index is 0.102. The SMILES string of the molecule is Cc1ccc(S(=O)(=O)N2CCN(C(=O)C3CCCN(S(=O)(=O)c4ccccc4)C3)CC2)cc1. The maximum atomic E-state index is 13.2. The number of sulfonamides is 2. The molecule has 2 aromatic carbocycles. The zero-order valence-corrected chi connectivity index (χ0v) is 20.3. The Hall–Kier alpha value is -2.27. The van der Waals surface area contributed by atoms with E-state index in [1.54, 1.807) is 59.5 Å². The van der Waals surface area contributed by atoms with E-state index in [2.05, 4.69) is 0 Å². The van der Waals surface area contributed by atoms with E-state index in [1.165, 1.54) is 8.61 Å². The number of hydrogen-bond donors (Lipinski definition) is 0. The van der Waals surface area contributed by atoms with Crippen molar-refractivity contribution in [1.82, 2.24) is 13.5 Å². The van der Waals surface area contributed by atoms with Crippen molar-refractivity contribution in [3.05, 3.63) is 60.2 Å². The molecule has 1 amide bonds. The Labute approximate surface area is 195 Å². The zero-order chi connectivity index (χ0) is 23.6. The Morgan fingerprint density at radius 3 is 1.97 bits per heavy atom. The van der Waals surface area contributed by atoms with E-state index in [1.807, 2.05) is 6.92 Å². The first-order valence-electron chi connectivity index (χ1n) is 11.1. The standard InChI is InChI=1S/C23H29N3O5S2/c1-19-9-11-22(12-10-19)32(28,29)25-16-14-24(15-17-25)23(27)20-6-5-13-26(18-20)33(30,31)21-7-3-2-4-8-21/h2-4,7-12,20H,5-6,13-18H2,1H3. The Bertz CT molecular complexity index is 1190. The van der Waals surface area contributed by atoms with Crippen LogP contribution in [0.5, 0.6) is 0 Å². The molecule has 33 heavy (non-hydrogen) atoms. The highest BCUT2D eigenvalue weighted by atomic mass is 32.2. The highest BCUT2D eigenvalue weighted by Gasteiger charge is 2.37. The van der Waals surface area contributed by atoms with Gasteiger partial charge in [0.15, 0.2) is 0 Å². The fourth-order valence-electron chi connectivity index (χ4n) is 4.37. The molecule has 2 aromatic rings. The van der Waals surface area contributed by atoms with Crippen LogP contribution in [-0.4, -0.2) is 75.5 Å². The summed E-state index contributed by atoms with van der Waals surface area (Å²) in [5.41, 5.74) is 0.986. The third kappa shape index (κ3) is 4.98. The van der Waals surface area contributed by atoms with E-state index in [4.69, 9.17) is 0 Å². The molecular formula is C23H29N3O5S2. The normalized spacial score (nSPS) is 21.1. The van der Waals surface area contributed by atoms with Gasteiger partial charge in [0.2, 0.25) is 26.0 Å². The largest absolute Gasteiger partial charge is 0.340 e. The third-order valence-corrected chi connectivity index (χ3v) is 10.1. The molecule has 0 saturated carbocycles. The topological polar surface area (TPSA) is 95.1 Å². The molecule has 2 heterocycles. The van der Waals surface area contributed by atoms with Crippen molar-refractivity contribution in [3.63, 3.8) is 0 Å². The second kappa shape index (κ2) is 9.54. The lowest BCUT2D eigenvalue weighted by Crippen LogP contribution is -2.54. The van der Waals surface area contributed by atoms with Crippen LogP contribution in [0.3, 0.4) is 0 Å². The fraction of sp³-hybridized carbons (Fsp3) is 0.435. The van der Waals surface area contributed by atoms with Gasteiger partial charge in [-0.3, -0.25) is 4.79 Å². The Kier molecular flexibility index (Phi) is 6.90. The van der Waals surface area contributed by atoms with Crippen LogP contribution in [0.25, 0.3) is 0 Å². The van der Waals surface area contributed by atoms with Gasteiger partial charge in [-0.05, 0) is 44.0 Å². The third-order valence-electron chi connectivity index (χ3n) is 6.32. The minimum atomic E-state index is -3.65. The molecule has 0 bridgehead atoms. The van der Waals surface area contributed by atoms with Gasteiger partial charge in [0.25, 0.3) is 0 Å². The molecule has 8 nitrogen and oxygen atoms in total. The van der Waals surface area contributed by atoms with Crippen molar-refractivity contribution in [3.8, 4) is 0 Å². The van der Waals surface area contributed by atoms with Crippen molar-refractivity contribution in [2.75, 3.05) is 39.3 Å². The Balaban J connectivity index is 1.39. The summed E-state index contributed by atoms with van der Waals surface area (Å²) >= 11 is 0. The minimum Gasteiger partial charge on any atom is -0.340 e. The molecule has 2 fully saturated rings. The monoisotopic (exact) mass is 491 g/mol. The predicted octanol–water partition coefficient (Wildman–Crippen LogP) is 1.93. The van der Waals surface area contributed by atoms with Gasteiger partial charge in [0, 0.05) is 39.3 Å². The number of hydrogen-bond acceptors (Lipinski definition) is 5. The first kappa shape index (κ1) is 23.9. The summed E-state index contributed by atoms with van der Waals surface area (Å²) < 4.78 is 54.6. The first-order valence-corrected chi connectivity index (χ1v) is 14.0. The van der Waals surface area contributed by atoms with E-state index in [0.29, 0.717) is 32.5 Å². The van der Waals surface area contributed by atoms with Crippen molar-refractivity contribution in [2.24, 2.45) is 5.92 Å². The van der Waals surface area contributed by atoms with Gasteiger partial charge < -0.3 is 4.90 Å². The van der Waals surface area contributed by atoms with Crippen LogP contribution in [0.4, 0.5) is 0 Å². The van der Waals surface area contributed by atoms with E-state index < -0.39 is 26.0 Å². The van der Waals surface area contributed by atoms with Crippen LogP contribution in [-0.2, 0) is 24.8 Å². The van der Waals surface area contributed by atoms with Gasteiger partial charge in [-0.25, -0.2) is 16.8 Å². The van der Waals surface area contributed by atoms with Gasteiger partial charge >= 0.3 is 0 Å².